The molecule has 1 saturated heterocycles. The van der Waals surface area contributed by atoms with Crippen molar-refractivity contribution in [2.24, 2.45) is 7.05 Å². The van der Waals surface area contributed by atoms with E-state index in [1.807, 2.05) is 24.1 Å². The first kappa shape index (κ1) is 11.6. The molecule has 5 heteroatoms. The quantitative estimate of drug-likeness (QED) is 0.706. The first-order valence-corrected chi connectivity index (χ1v) is 5.83. The third-order valence-corrected chi connectivity index (χ3v) is 2.80. The van der Waals surface area contributed by atoms with Crippen molar-refractivity contribution in [1.82, 2.24) is 20.0 Å². The molecule has 16 heavy (non-hydrogen) atoms. The molecule has 0 aromatic carbocycles. The standard InChI is InChI=1S/C11H20N4O/c1-14-10-11(9-13-14)8-12-2-3-15-4-6-16-7-5-15/h9-10,12H,2-8H2,1H3. The maximum absolute atomic E-state index is 5.30. The topological polar surface area (TPSA) is 42.3 Å². The number of nitrogens with one attached hydrogen (secondary N) is 1. The molecule has 1 fully saturated rings. The SMILES string of the molecule is Cn1cc(CNCCN2CCOCC2)cn1. The second-order valence-electron chi connectivity index (χ2n) is 4.15. The molecule has 0 saturated carbocycles. The summed E-state index contributed by atoms with van der Waals surface area (Å²) in [7, 11) is 1.94. The summed E-state index contributed by atoms with van der Waals surface area (Å²) in [5, 5.41) is 7.56. The molecular formula is C11H20N4O. The Morgan fingerprint density at radius 1 is 1.44 bits per heavy atom. The molecule has 1 aliphatic heterocycles. The smallest absolute Gasteiger partial charge is 0.0594 e. The minimum absolute atomic E-state index is 0.878. The van der Waals surface area contributed by atoms with E-state index in [0.29, 0.717) is 0 Å². The van der Waals surface area contributed by atoms with Gasteiger partial charge >= 0.3 is 0 Å². The minimum atomic E-state index is 0.878. The van der Waals surface area contributed by atoms with E-state index in [1.54, 1.807) is 0 Å². The summed E-state index contributed by atoms with van der Waals surface area (Å²) < 4.78 is 7.14. The zero-order chi connectivity index (χ0) is 11.2. The molecule has 0 spiro atoms. The Morgan fingerprint density at radius 3 is 2.94 bits per heavy atom. The molecule has 2 heterocycles. The second kappa shape index (κ2) is 5.98. The van der Waals surface area contributed by atoms with E-state index in [2.05, 4.69) is 15.3 Å². The molecule has 0 aliphatic carbocycles. The first-order valence-electron chi connectivity index (χ1n) is 5.83. The van der Waals surface area contributed by atoms with E-state index < -0.39 is 0 Å². The average molecular weight is 224 g/mol. The zero-order valence-corrected chi connectivity index (χ0v) is 9.85. The lowest BCUT2D eigenvalue weighted by Crippen LogP contribution is -2.40. The first-order chi connectivity index (χ1) is 7.84. The van der Waals surface area contributed by atoms with Gasteiger partial charge in [-0.1, -0.05) is 0 Å². The van der Waals surface area contributed by atoms with Crippen LogP contribution in [-0.4, -0.2) is 54.1 Å². The fraction of sp³-hybridized carbons (Fsp3) is 0.727. The van der Waals surface area contributed by atoms with Crippen molar-refractivity contribution >= 4 is 0 Å². The highest BCUT2D eigenvalue weighted by Crippen LogP contribution is 1.96. The van der Waals surface area contributed by atoms with Crippen LogP contribution in [0, 0.1) is 0 Å². The molecule has 0 bridgehead atoms. The van der Waals surface area contributed by atoms with Crippen LogP contribution in [0.3, 0.4) is 0 Å². The van der Waals surface area contributed by atoms with Crippen molar-refractivity contribution in [1.29, 1.82) is 0 Å². The molecule has 2 rings (SSSR count). The maximum atomic E-state index is 5.30. The molecule has 1 aromatic rings. The summed E-state index contributed by atoms with van der Waals surface area (Å²) in [6.45, 7) is 6.91. The van der Waals surface area contributed by atoms with Crippen molar-refractivity contribution in [3.8, 4) is 0 Å². The van der Waals surface area contributed by atoms with Gasteiger partial charge in [0.05, 0.1) is 19.4 Å². The monoisotopic (exact) mass is 224 g/mol. The molecule has 0 radical (unpaired) electrons. The van der Waals surface area contributed by atoms with Gasteiger partial charge in [-0.25, -0.2) is 0 Å². The Kier molecular flexibility index (Phi) is 4.33. The van der Waals surface area contributed by atoms with Gasteiger partial charge in [0, 0.05) is 51.5 Å². The number of nitrogens with zero attached hydrogens (tertiary/aromatic N) is 3. The molecular weight excluding hydrogens is 204 g/mol. The predicted molar refractivity (Wildman–Crippen MR) is 62.2 cm³/mol. The van der Waals surface area contributed by atoms with Gasteiger partial charge in [-0.15, -0.1) is 0 Å². The third-order valence-electron chi connectivity index (χ3n) is 2.80. The lowest BCUT2D eigenvalue weighted by Gasteiger charge is -2.26. The van der Waals surface area contributed by atoms with E-state index in [0.717, 1.165) is 45.9 Å². The highest BCUT2D eigenvalue weighted by atomic mass is 16.5. The van der Waals surface area contributed by atoms with Crippen molar-refractivity contribution in [2.45, 2.75) is 6.54 Å². The van der Waals surface area contributed by atoms with Crippen molar-refractivity contribution in [3.05, 3.63) is 18.0 Å². The molecule has 1 aliphatic rings. The molecule has 1 aromatic heterocycles. The Bertz CT molecular complexity index is 307. The molecule has 0 amide bonds. The average Bonchev–Trinajstić information content (AvgIpc) is 2.72. The molecule has 5 nitrogen and oxygen atoms in total. The van der Waals surface area contributed by atoms with E-state index in [-0.39, 0.29) is 0 Å². The Morgan fingerprint density at radius 2 is 2.25 bits per heavy atom. The number of aromatic nitrogens is 2. The number of ether oxygens (including phenoxy) is 1. The van der Waals surface area contributed by atoms with Gasteiger partial charge in [-0.2, -0.15) is 5.10 Å². The Hall–Kier alpha value is -0.910. The van der Waals surface area contributed by atoms with Crippen LogP contribution in [0.4, 0.5) is 0 Å². The lowest BCUT2D eigenvalue weighted by atomic mass is 10.3. The van der Waals surface area contributed by atoms with Crippen LogP contribution >= 0.6 is 0 Å². The molecule has 1 N–H and O–H groups in total. The van der Waals surface area contributed by atoms with Gasteiger partial charge in [0.15, 0.2) is 0 Å². The predicted octanol–water partition coefficient (Wildman–Crippen LogP) is -0.158. The second-order valence-corrected chi connectivity index (χ2v) is 4.15. The van der Waals surface area contributed by atoms with E-state index >= 15 is 0 Å². The van der Waals surface area contributed by atoms with Crippen LogP contribution in [-0.2, 0) is 18.3 Å². The molecule has 0 atom stereocenters. The summed E-state index contributed by atoms with van der Waals surface area (Å²) in [4.78, 5) is 2.43. The highest BCUT2D eigenvalue weighted by Gasteiger charge is 2.08. The number of hydrogen-bond acceptors (Lipinski definition) is 4. The molecule has 0 unspecified atom stereocenters. The van der Waals surface area contributed by atoms with Crippen molar-refractivity contribution in [3.63, 3.8) is 0 Å². The maximum Gasteiger partial charge on any atom is 0.0594 e. The highest BCUT2D eigenvalue weighted by molar-refractivity contribution is 5.02. The van der Waals surface area contributed by atoms with Gasteiger partial charge in [0.1, 0.15) is 0 Å². The Balaban J connectivity index is 1.57. The minimum Gasteiger partial charge on any atom is -0.379 e. The number of aryl methyl sites for hydroxylation is 1. The number of rotatable bonds is 5. The third kappa shape index (κ3) is 3.59. The summed E-state index contributed by atoms with van der Waals surface area (Å²) in [6.07, 6.45) is 3.95. The fourth-order valence-corrected chi connectivity index (χ4v) is 1.86. The van der Waals surface area contributed by atoms with E-state index in [9.17, 15) is 0 Å². The van der Waals surface area contributed by atoms with Crippen molar-refractivity contribution in [2.75, 3.05) is 39.4 Å². The van der Waals surface area contributed by atoms with Gasteiger partial charge in [0.25, 0.3) is 0 Å². The van der Waals surface area contributed by atoms with Gasteiger partial charge < -0.3 is 10.1 Å². The largest absolute Gasteiger partial charge is 0.379 e. The van der Waals surface area contributed by atoms with Gasteiger partial charge in [0.2, 0.25) is 0 Å². The van der Waals surface area contributed by atoms with Crippen LogP contribution < -0.4 is 5.32 Å². The number of morpholine rings is 1. The van der Waals surface area contributed by atoms with E-state index in [1.165, 1.54) is 5.56 Å². The number of hydrogen-bond donors (Lipinski definition) is 1. The van der Waals surface area contributed by atoms with Gasteiger partial charge in [-0.05, 0) is 0 Å². The zero-order valence-electron chi connectivity index (χ0n) is 9.85. The summed E-state index contributed by atoms with van der Waals surface area (Å²) in [5.41, 5.74) is 1.24. The van der Waals surface area contributed by atoms with Crippen LogP contribution in [0.5, 0.6) is 0 Å². The Labute approximate surface area is 96.4 Å². The summed E-state index contributed by atoms with van der Waals surface area (Å²) >= 11 is 0. The van der Waals surface area contributed by atoms with Crippen LogP contribution in [0.15, 0.2) is 12.4 Å². The normalized spacial score (nSPS) is 17.8. The van der Waals surface area contributed by atoms with E-state index in [4.69, 9.17) is 4.74 Å². The van der Waals surface area contributed by atoms with Crippen LogP contribution in [0.2, 0.25) is 0 Å². The summed E-state index contributed by atoms with van der Waals surface area (Å²) in [6, 6.07) is 0. The lowest BCUT2D eigenvalue weighted by molar-refractivity contribution is 0.0384. The van der Waals surface area contributed by atoms with Crippen LogP contribution in [0.1, 0.15) is 5.56 Å². The van der Waals surface area contributed by atoms with Crippen LogP contribution in [0.25, 0.3) is 0 Å². The summed E-state index contributed by atoms with van der Waals surface area (Å²) in [5.74, 6) is 0. The fourth-order valence-electron chi connectivity index (χ4n) is 1.86. The van der Waals surface area contributed by atoms with Crippen molar-refractivity contribution < 1.29 is 4.74 Å². The van der Waals surface area contributed by atoms with Gasteiger partial charge in [-0.3, -0.25) is 9.58 Å². The molecule has 90 valence electrons.